The monoisotopic (exact) mass is 369 g/mol. The van der Waals surface area contributed by atoms with Crippen LogP contribution in [-0.2, 0) is 12.8 Å². The molecule has 1 aromatic heterocycles. The second-order valence-corrected chi connectivity index (χ2v) is 8.41. The second-order valence-electron chi connectivity index (χ2n) is 8.41. The number of hydrogen-bond donors (Lipinski definition) is 0. The van der Waals surface area contributed by atoms with E-state index in [4.69, 9.17) is 0 Å². The Morgan fingerprint density at radius 3 is 2.39 bits per heavy atom. The van der Waals surface area contributed by atoms with Crippen LogP contribution in [-0.4, -0.2) is 4.98 Å². The van der Waals surface area contributed by atoms with Crippen LogP contribution in [0.15, 0.2) is 73.1 Å². The average Bonchev–Trinajstić information content (AvgIpc) is 3.58. The SMILES string of the molecule is CCC(C)C(Cc1cccnc1)c1cccc(Cc2ccccc2)c1C1CC1. The van der Waals surface area contributed by atoms with Gasteiger partial charge < -0.3 is 0 Å². The predicted octanol–water partition coefficient (Wildman–Crippen LogP) is 6.92. The van der Waals surface area contributed by atoms with Crippen LogP contribution in [0, 0.1) is 5.92 Å². The van der Waals surface area contributed by atoms with Crippen molar-refractivity contribution < 1.29 is 0 Å². The Labute approximate surface area is 169 Å². The van der Waals surface area contributed by atoms with Gasteiger partial charge in [-0.1, -0.05) is 74.9 Å². The number of pyridine rings is 1. The van der Waals surface area contributed by atoms with Crippen molar-refractivity contribution in [3.63, 3.8) is 0 Å². The molecule has 144 valence electrons. The Kier molecular flexibility index (Phi) is 5.90. The van der Waals surface area contributed by atoms with Gasteiger partial charge in [-0.25, -0.2) is 0 Å². The van der Waals surface area contributed by atoms with E-state index in [-0.39, 0.29) is 0 Å². The zero-order valence-corrected chi connectivity index (χ0v) is 17.1. The van der Waals surface area contributed by atoms with E-state index in [1.165, 1.54) is 36.0 Å². The van der Waals surface area contributed by atoms with Crippen molar-refractivity contribution in [2.24, 2.45) is 5.92 Å². The Balaban J connectivity index is 1.72. The molecule has 2 aromatic carbocycles. The second kappa shape index (κ2) is 8.73. The highest BCUT2D eigenvalue weighted by Crippen LogP contribution is 2.47. The predicted molar refractivity (Wildman–Crippen MR) is 118 cm³/mol. The van der Waals surface area contributed by atoms with Crippen molar-refractivity contribution in [2.45, 2.75) is 57.8 Å². The molecule has 0 saturated heterocycles. The fourth-order valence-electron chi connectivity index (χ4n) is 4.47. The van der Waals surface area contributed by atoms with E-state index in [0.29, 0.717) is 11.8 Å². The summed E-state index contributed by atoms with van der Waals surface area (Å²) in [6, 6.07) is 22.3. The summed E-state index contributed by atoms with van der Waals surface area (Å²) >= 11 is 0. The van der Waals surface area contributed by atoms with Crippen LogP contribution in [0.25, 0.3) is 0 Å². The maximum absolute atomic E-state index is 4.36. The first kappa shape index (κ1) is 18.9. The summed E-state index contributed by atoms with van der Waals surface area (Å²) in [5.74, 6) is 1.97. The van der Waals surface area contributed by atoms with Crippen molar-refractivity contribution in [3.05, 3.63) is 101 Å². The minimum atomic E-state index is 0.556. The van der Waals surface area contributed by atoms with Gasteiger partial charge in [0.2, 0.25) is 0 Å². The van der Waals surface area contributed by atoms with Gasteiger partial charge >= 0.3 is 0 Å². The maximum Gasteiger partial charge on any atom is 0.0300 e. The van der Waals surface area contributed by atoms with Crippen LogP contribution in [0.3, 0.4) is 0 Å². The van der Waals surface area contributed by atoms with Crippen LogP contribution in [0.1, 0.15) is 72.8 Å². The first-order valence-electron chi connectivity index (χ1n) is 10.8. The molecular weight excluding hydrogens is 338 g/mol. The molecule has 28 heavy (non-hydrogen) atoms. The molecule has 1 aliphatic carbocycles. The molecule has 1 aliphatic rings. The lowest BCUT2D eigenvalue weighted by molar-refractivity contribution is 0.439. The number of nitrogens with zero attached hydrogens (tertiary/aromatic N) is 1. The average molecular weight is 370 g/mol. The highest BCUT2D eigenvalue weighted by Gasteiger charge is 2.32. The summed E-state index contributed by atoms with van der Waals surface area (Å²) in [5, 5.41) is 0. The van der Waals surface area contributed by atoms with Crippen LogP contribution >= 0.6 is 0 Å². The van der Waals surface area contributed by atoms with Crippen LogP contribution in [0.4, 0.5) is 0 Å². The van der Waals surface area contributed by atoms with E-state index in [2.05, 4.69) is 79.5 Å². The summed E-state index contributed by atoms with van der Waals surface area (Å²) in [6.07, 6.45) is 9.94. The summed E-state index contributed by atoms with van der Waals surface area (Å²) in [4.78, 5) is 4.36. The normalized spacial score (nSPS) is 15.9. The molecule has 1 saturated carbocycles. The van der Waals surface area contributed by atoms with Gasteiger partial charge in [-0.2, -0.15) is 0 Å². The zero-order chi connectivity index (χ0) is 19.3. The first-order chi connectivity index (χ1) is 13.8. The maximum atomic E-state index is 4.36. The largest absolute Gasteiger partial charge is 0.264 e. The van der Waals surface area contributed by atoms with Crippen LogP contribution in [0.5, 0.6) is 0 Å². The number of aromatic nitrogens is 1. The molecule has 1 fully saturated rings. The van der Waals surface area contributed by atoms with Gasteiger partial charge in [-0.3, -0.25) is 4.98 Å². The third-order valence-corrected chi connectivity index (χ3v) is 6.36. The molecule has 2 unspecified atom stereocenters. The highest BCUT2D eigenvalue weighted by molar-refractivity contribution is 5.45. The lowest BCUT2D eigenvalue weighted by Crippen LogP contribution is -2.15. The number of benzene rings is 2. The lowest BCUT2D eigenvalue weighted by atomic mass is 9.77. The Morgan fingerprint density at radius 1 is 0.929 bits per heavy atom. The highest BCUT2D eigenvalue weighted by atomic mass is 14.6. The van der Waals surface area contributed by atoms with Gasteiger partial charge in [-0.05, 0) is 77.3 Å². The molecular formula is C27H31N. The first-order valence-corrected chi connectivity index (χ1v) is 10.8. The van der Waals surface area contributed by atoms with Crippen molar-refractivity contribution in [2.75, 3.05) is 0 Å². The van der Waals surface area contributed by atoms with Gasteiger partial charge in [0.25, 0.3) is 0 Å². The van der Waals surface area contributed by atoms with Crippen LogP contribution < -0.4 is 0 Å². The third kappa shape index (κ3) is 4.35. The third-order valence-electron chi connectivity index (χ3n) is 6.36. The molecule has 0 radical (unpaired) electrons. The van der Waals surface area contributed by atoms with E-state index in [1.807, 2.05) is 12.4 Å². The van der Waals surface area contributed by atoms with Gasteiger partial charge in [-0.15, -0.1) is 0 Å². The quantitative estimate of drug-likeness (QED) is 0.420. The van der Waals surface area contributed by atoms with E-state index in [0.717, 1.165) is 18.8 Å². The number of rotatable bonds is 8. The van der Waals surface area contributed by atoms with E-state index >= 15 is 0 Å². The molecule has 1 nitrogen and oxygen atoms in total. The van der Waals surface area contributed by atoms with E-state index in [1.54, 1.807) is 11.1 Å². The minimum Gasteiger partial charge on any atom is -0.264 e. The van der Waals surface area contributed by atoms with Crippen molar-refractivity contribution in [3.8, 4) is 0 Å². The molecule has 1 heteroatoms. The molecule has 0 bridgehead atoms. The Hall–Kier alpha value is -2.41. The smallest absolute Gasteiger partial charge is 0.0300 e. The van der Waals surface area contributed by atoms with Crippen molar-refractivity contribution in [1.82, 2.24) is 4.98 Å². The van der Waals surface area contributed by atoms with Crippen molar-refractivity contribution in [1.29, 1.82) is 0 Å². The summed E-state index contributed by atoms with van der Waals surface area (Å²) < 4.78 is 0. The van der Waals surface area contributed by atoms with Gasteiger partial charge in [0.15, 0.2) is 0 Å². The summed E-state index contributed by atoms with van der Waals surface area (Å²) in [6.45, 7) is 4.74. The van der Waals surface area contributed by atoms with E-state index < -0.39 is 0 Å². The van der Waals surface area contributed by atoms with Gasteiger partial charge in [0.05, 0.1) is 0 Å². The van der Waals surface area contributed by atoms with Gasteiger partial charge in [0, 0.05) is 12.4 Å². The van der Waals surface area contributed by atoms with E-state index in [9.17, 15) is 0 Å². The number of hydrogen-bond acceptors (Lipinski definition) is 1. The molecule has 3 aromatic rings. The zero-order valence-electron chi connectivity index (χ0n) is 17.1. The van der Waals surface area contributed by atoms with Crippen LogP contribution in [0.2, 0.25) is 0 Å². The molecule has 4 rings (SSSR count). The minimum absolute atomic E-state index is 0.556. The fraction of sp³-hybridized carbons (Fsp3) is 0.370. The summed E-state index contributed by atoms with van der Waals surface area (Å²) in [7, 11) is 0. The standard InChI is InChI=1S/C27H31N/c1-3-20(2)26(18-22-11-8-16-28-19-22)25-13-7-12-24(27(25)23-14-15-23)17-21-9-5-4-6-10-21/h4-13,16,19-20,23,26H,3,14-15,17-18H2,1-2H3. The molecule has 0 N–H and O–H groups in total. The van der Waals surface area contributed by atoms with Crippen molar-refractivity contribution >= 4 is 0 Å². The lowest BCUT2D eigenvalue weighted by Gasteiger charge is -2.27. The van der Waals surface area contributed by atoms with Gasteiger partial charge in [0.1, 0.15) is 0 Å². The molecule has 0 amide bonds. The topological polar surface area (TPSA) is 12.9 Å². The molecule has 2 atom stereocenters. The molecule has 1 heterocycles. The summed E-state index contributed by atoms with van der Waals surface area (Å²) in [5.41, 5.74) is 7.54. The molecule has 0 aliphatic heterocycles. The Bertz CT molecular complexity index is 881. The fourth-order valence-corrected chi connectivity index (χ4v) is 4.47. The Morgan fingerprint density at radius 2 is 1.71 bits per heavy atom. The molecule has 0 spiro atoms.